The molecular formula is C9H8ClN3O2. The van der Waals surface area contributed by atoms with Gasteiger partial charge in [-0.3, -0.25) is 14.3 Å². The van der Waals surface area contributed by atoms with Gasteiger partial charge in [0.1, 0.15) is 5.65 Å². The smallest absolute Gasteiger partial charge is 0.252 e. The second-order valence-corrected chi connectivity index (χ2v) is 3.65. The number of nitrogens with zero attached hydrogens (tertiary/aromatic N) is 2. The SMILES string of the molecule is Cc1cc2c(=O)c(Cl)nn(C)c2[nH]c1=O. The predicted octanol–water partition coefficient (Wildman–Crippen LogP) is 0.584. The van der Waals surface area contributed by atoms with Crippen LogP contribution in [0.2, 0.25) is 5.15 Å². The van der Waals surface area contributed by atoms with Crippen LogP contribution in [0.4, 0.5) is 0 Å². The normalized spacial score (nSPS) is 10.9. The Hall–Kier alpha value is -1.62. The summed E-state index contributed by atoms with van der Waals surface area (Å²) in [6.45, 7) is 1.63. The zero-order valence-electron chi connectivity index (χ0n) is 8.17. The monoisotopic (exact) mass is 225 g/mol. The third-order valence-corrected chi connectivity index (χ3v) is 2.45. The quantitative estimate of drug-likeness (QED) is 0.713. The van der Waals surface area contributed by atoms with Crippen molar-refractivity contribution in [2.24, 2.45) is 7.05 Å². The minimum absolute atomic E-state index is 0.101. The topological polar surface area (TPSA) is 67.8 Å². The maximum atomic E-state index is 11.6. The molecule has 0 radical (unpaired) electrons. The molecule has 6 heteroatoms. The molecule has 0 saturated carbocycles. The molecule has 2 rings (SSSR count). The third-order valence-electron chi connectivity index (χ3n) is 2.20. The molecule has 15 heavy (non-hydrogen) atoms. The van der Waals surface area contributed by atoms with Crippen LogP contribution in [0.15, 0.2) is 15.7 Å². The van der Waals surface area contributed by atoms with Crippen LogP contribution in [0.3, 0.4) is 0 Å². The maximum Gasteiger partial charge on any atom is 0.252 e. The van der Waals surface area contributed by atoms with E-state index in [2.05, 4.69) is 10.1 Å². The molecule has 0 aromatic carbocycles. The fourth-order valence-corrected chi connectivity index (χ4v) is 1.61. The zero-order valence-corrected chi connectivity index (χ0v) is 8.92. The van der Waals surface area contributed by atoms with E-state index in [1.807, 2.05) is 0 Å². The van der Waals surface area contributed by atoms with Gasteiger partial charge < -0.3 is 4.98 Å². The zero-order chi connectivity index (χ0) is 11.2. The standard InChI is InChI=1S/C9H8ClN3O2/c1-4-3-5-6(14)7(10)12-13(2)8(5)11-9(4)15/h3H,1-2H3,(H,11,15). The molecule has 0 aliphatic carbocycles. The molecule has 0 fully saturated rings. The Kier molecular flexibility index (Phi) is 2.12. The van der Waals surface area contributed by atoms with E-state index in [9.17, 15) is 9.59 Å². The summed E-state index contributed by atoms with van der Waals surface area (Å²) in [5, 5.41) is 4.04. The van der Waals surface area contributed by atoms with Gasteiger partial charge in [-0.1, -0.05) is 11.6 Å². The number of fused-ring (bicyclic) bond motifs is 1. The number of aromatic amines is 1. The average Bonchev–Trinajstić information content (AvgIpc) is 2.18. The summed E-state index contributed by atoms with van der Waals surface area (Å²) >= 11 is 5.65. The highest BCUT2D eigenvalue weighted by Gasteiger charge is 2.08. The number of nitrogens with one attached hydrogen (secondary N) is 1. The summed E-state index contributed by atoms with van der Waals surface area (Å²) in [4.78, 5) is 25.5. The van der Waals surface area contributed by atoms with Crippen molar-refractivity contribution in [1.82, 2.24) is 14.8 Å². The molecule has 0 aliphatic heterocycles. The molecule has 2 aromatic rings. The second kappa shape index (κ2) is 3.20. The predicted molar refractivity (Wildman–Crippen MR) is 57.4 cm³/mol. The molecule has 0 saturated heterocycles. The van der Waals surface area contributed by atoms with Gasteiger partial charge in [-0.15, -0.1) is 0 Å². The highest BCUT2D eigenvalue weighted by atomic mass is 35.5. The summed E-state index contributed by atoms with van der Waals surface area (Å²) in [6.07, 6.45) is 0. The lowest BCUT2D eigenvalue weighted by molar-refractivity contribution is 0.759. The Morgan fingerprint density at radius 3 is 2.80 bits per heavy atom. The number of hydrogen-bond acceptors (Lipinski definition) is 3. The van der Waals surface area contributed by atoms with Crippen LogP contribution in [-0.4, -0.2) is 14.8 Å². The van der Waals surface area contributed by atoms with Gasteiger partial charge in [-0.05, 0) is 13.0 Å². The number of H-pyrrole nitrogens is 1. The number of pyridine rings is 1. The van der Waals surface area contributed by atoms with Gasteiger partial charge in [-0.25, -0.2) is 0 Å². The van der Waals surface area contributed by atoms with Crippen molar-refractivity contribution in [3.8, 4) is 0 Å². The lowest BCUT2D eigenvalue weighted by Gasteiger charge is -2.04. The van der Waals surface area contributed by atoms with E-state index in [0.717, 1.165) is 0 Å². The van der Waals surface area contributed by atoms with Crippen LogP contribution in [-0.2, 0) is 7.05 Å². The molecule has 78 valence electrons. The minimum Gasteiger partial charge on any atom is -0.306 e. The molecule has 2 heterocycles. The third kappa shape index (κ3) is 1.45. The number of aromatic nitrogens is 3. The first-order chi connectivity index (χ1) is 7.00. The highest BCUT2D eigenvalue weighted by molar-refractivity contribution is 6.29. The summed E-state index contributed by atoms with van der Waals surface area (Å²) in [5.41, 5.74) is 0.243. The fourth-order valence-electron chi connectivity index (χ4n) is 1.39. The van der Waals surface area contributed by atoms with E-state index < -0.39 is 0 Å². The summed E-state index contributed by atoms with van der Waals surface area (Å²) < 4.78 is 1.37. The summed E-state index contributed by atoms with van der Waals surface area (Å²) in [6, 6.07) is 1.52. The number of aryl methyl sites for hydroxylation is 2. The Balaban J connectivity index is 3.11. The van der Waals surface area contributed by atoms with Crippen molar-refractivity contribution < 1.29 is 0 Å². The first-order valence-electron chi connectivity index (χ1n) is 4.27. The molecule has 0 spiro atoms. The Bertz CT molecular complexity index is 657. The first-order valence-corrected chi connectivity index (χ1v) is 4.65. The first kappa shape index (κ1) is 9.92. The van der Waals surface area contributed by atoms with Crippen molar-refractivity contribution in [2.75, 3.05) is 0 Å². The van der Waals surface area contributed by atoms with E-state index in [1.54, 1.807) is 14.0 Å². The molecule has 0 atom stereocenters. The van der Waals surface area contributed by atoms with E-state index in [0.29, 0.717) is 16.6 Å². The maximum absolute atomic E-state index is 11.6. The van der Waals surface area contributed by atoms with Gasteiger partial charge in [-0.2, -0.15) is 5.10 Å². The molecular weight excluding hydrogens is 218 g/mol. The van der Waals surface area contributed by atoms with Gasteiger partial charge in [0.2, 0.25) is 5.43 Å². The van der Waals surface area contributed by atoms with Gasteiger partial charge >= 0.3 is 0 Å². The van der Waals surface area contributed by atoms with E-state index >= 15 is 0 Å². The van der Waals surface area contributed by atoms with Crippen molar-refractivity contribution in [3.63, 3.8) is 0 Å². The summed E-state index contributed by atoms with van der Waals surface area (Å²) in [5.74, 6) is 0. The van der Waals surface area contributed by atoms with Crippen molar-refractivity contribution in [3.05, 3.63) is 37.4 Å². The minimum atomic E-state index is -0.371. The van der Waals surface area contributed by atoms with Gasteiger partial charge in [0.25, 0.3) is 5.56 Å². The van der Waals surface area contributed by atoms with E-state index in [-0.39, 0.29) is 16.1 Å². The van der Waals surface area contributed by atoms with Crippen LogP contribution in [0.5, 0.6) is 0 Å². The van der Waals surface area contributed by atoms with E-state index in [1.165, 1.54) is 10.7 Å². The van der Waals surface area contributed by atoms with Gasteiger partial charge in [0.15, 0.2) is 5.15 Å². The second-order valence-electron chi connectivity index (χ2n) is 3.29. The van der Waals surface area contributed by atoms with Crippen LogP contribution in [0.1, 0.15) is 5.56 Å². The van der Waals surface area contributed by atoms with Crippen molar-refractivity contribution in [1.29, 1.82) is 0 Å². The van der Waals surface area contributed by atoms with Crippen LogP contribution in [0.25, 0.3) is 11.0 Å². The molecule has 0 amide bonds. The Morgan fingerprint density at radius 2 is 2.13 bits per heavy atom. The largest absolute Gasteiger partial charge is 0.306 e. The van der Waals surface area contributed by atoms with Gasteiger partial charge in [0, 0.05) is 12.6 Å². The molecule has 0 bridgehead atoms. The highest BCUT2D eigenvalue weighted by Crippen LogP contribution is 2.07. The van der Waals surface area contributed by atoms with Crippen LogP contribution < -0.4 is 11.0 Å². The van der Waals surface area contributed by atoms with E-state index in [4.69, 9.17) is 11.6 Å². The summed E-state index contributed by atoms with van der Waals surface area (Å²) in [7, 11) is 1.61. The van der Waals surface area contributed by atoms with Crippen LogP contribution >= 0.6 is 11.6 Å². The van der Waals surface area contributed by atoms with Crippen molar-refractivity contribution in [2.45, 2.75) is 6.92 Å². The lowest BCUT2D eigenvalue weighted by atomic mass is 10.2. The van der Waals surface area contributed by atoms with Crippen molar-refractivity contribution >= 4 is 22.6 Å². The molecule has 0 aliphatic rings. The molecule has 0 unspecified atom stereocenters. The Labute approximate surface area is 89.3 Å². The lowest BCUT2D eigenvalue weighted by Crippen LogP contribution is -2.18. The molecule has 5 nitrogen and oxygen atoms in total. The number of halogens is 1. The van der Waals surface area contributed by atoms with Crippen LogP contribution in [0, 0.1) is 6.92 Å². The average molecular weight is 226 g/mol. The Morgan fingerprint density at radius 1 is 1.47 bits per heavy atom. The molecule has 1 N–H and O–H groups in total. The van der Waals surface area contributed by atoms with Gasteiger partial charge in [0.05, 0.1) is 5.39 Å². The molecule has 2 aromatic heterocycles. The number of hydrogen-bond donors (Lipinski definition) is 1. The number of rotatable bonds is 0. The fraction of sp³-hybridized carbons (Fsp3) is 0.222.